The summed E-state index contributed by atoms with van der Waals surface area (Å²) in [5.41, 5.74) is 4.20. The van der Waals surface area contributed by atoms with Crippen molar-refractivity contribution < 1.29 is 12.8 Å². The topological polar surface area (TPSA) is 79.3 Å². The molecule has 2 aliphatic rings. The molecule has 7 nitrogen and oxygen atoms in total. The smallest absolute Gasteiger partial charge is 0.235 e. The fraction of sp³-hybridized carbons (Fsp3) is 0.458. The average molecular weight is 508 g/mol. The van der Waals surface area contributed by atoms with Crippen molar-refractivity contribution in [3.8, 4) is 11.1 Å². The van der Waals surface area contributed by atoms with E-state index in [1.54, 1.807) is 18.3 Å². The van der Waals surface area contributed by atoms with Gasteiger partial charge in [0.1, 0.15) is 11.5 Å². The normalized spacial score (nSPS) is 16.7. The van der Waals surface area contributed by atoms with E-state index in [0.717, 1.165) is 24.2 Å². The number of sulfonamides is 1. The number of rotatable bonds is 5. The van der Waals surface area contributed by atoms with Crippen molar-refractivity contribution >= 4 is 44.8 Å². The Balaban J connectivity index is 0.00000274. The maximum absolute atomic E-state index is 15.4. The number of nitrogens with zero attached hydrogens (tertiary/aromatic N) is 3. The molecule has 34 heavy (non-hydrogen) atoms. The highest BCUT2D eigenvalue weighted by atomic mass is 35.5. The summed E-state index contributed by atoms with van der Waals surface area (Å²) in [4.78, 5) is 6.68. The van der Waals surface area contributed by atoms with E-state index in [-0.39, 0.29) is 24.3 Å². The third-order valence-electron chi connectivity index (χ3n) is 6.83. The van der Waals surface area contributed by atoms with Crippen LogP contribution in [0, 0.1) is 5.82 Å². The summed E-state index contributed by atoms with van der Waals surface area (Å²) in [6.07, 6.45) is 5.45. The van der Waals surface area contributed by atoms with Gasteiger partial charge in [-0.3, -0.25) is 4.72 Å². The Hall–Kier alpha value is -2.36. The number of hydrogen-bond acceptors (Lipinski definition) is 5. The largest absolute Gasteiger partial charge is 0.374 e. The third kappa shape index (κ3) is 4.25. The van der Waals surface area contributed by atoms with Crippen LogP contribution in [0.25, 0.3) is 22.2 Å². The van der Waals surface area contributed by atoms with Gasteiger partial charge in [-0.1, -0.05) is 0 Å². The number of fused-ring (bicyclic) bond motifs is 2. The maximum atomic E-state index is 15.4. The Kier molecular flexibility index (Phi) is 6.81. The number of benzene rings is 1. The molecule has 3 aromatic rings. The van der Waals surface area contributed by atoms with Crippen molar-refractivity contribution in [1.82, 2.24) is 14.9 Å². The molecule has 0 amide bonds. The molecule has 2 aliphatic heterocycles. The van der Waals surface area contributed by atoms with Gasteiger partial charge in [0.2, 0.25) is 10.0 Å². The minimum Gasteiger partial charge on any atom is -0.374 e. The molecule has 2 N–H and O–H groups in total. The summed E-state index contributed by atoms with van der Waals surface area (Å²) in [5, 5.41) is 3.38. The van der Waals surface area contributed by atoms with E-state index < -0.39 is 15.3 Å². The molecular weight excluding hydrogens is 477 g/mol. The third-order valence-corrected chi connectivity index (χ3v) is 8.69. The first-order valence-electron chi connectivity index (χ1n) is 11.5. The molecule has 1 aromatic carbocycles. The first-order valence-corrected chi connectivity index (χ1v) is 13.1. The Bertz CT molecular complexity index is 1320. The van der Waals surface area contributed by atoms with Gasteiger partial charge in [-0.15, -0.1) is 12.4 Å². The maximum Gasteiger partial charge on any atom is 0.235 e. The lowest BCUT2D eigenvalue weighted by atomic mass is 10.0. The van der Waals surface area contributed by atoms with Gasteiger partial charge < -0.3 is 14.8 Å². The van der Waals surface area contributed by atoms with E-state index in [2.05, 4.69) is 19.9 Å². The number of pyridine rings is 1. The second-order valence-corrected chi connectivity index (χ2v) is 11.3. The zero-order valence-corrected chi connectivity index (χ0v) is 21.3. The Morgan fingerprint density at radius 1 is 1.21 bits per heavy atom. The van der Waals surface area contributed by atoms with Crippen LogP contribution in [0.3, 0.4) is 0 Å². The van der Waals surface area contributed by atoms with Gasteiger partial charge in [-0.05, 0) is 70.0 Å². The Labute approximate surface area is 206 Å². The lowest BCUT2D eigenvalue weighted by Crippen LogP contribution is -2.38. The Morgan fingerprint density at radius 3 is 2.65 bits per heavy atom. The molecule has 2 aromatic heterocycles. The summed E-state index contributed by atoms with van der Waals surface area (Å²) in [6.45, 7) is 6.28. The van der Waals surface area contributed by atoms with E-state index in [4.69, 9.17) is 0 Å². The fourth-order valence-corrected chi connectivity index (χ4v) is 6.48. The number of anilines is 2. The minimum atomic E-state index is -3.60. The molecule has 0 saturated carbocycles. The zero-order chi connectivity index (χ0) is 23.3. The quantitative estimate of drug-likeness (QED) is 0.537. The number of likely N-dealkylation sites (N-methyl/N-ethyl adjacent to an activating group) is 1. The van der Waals surface area contributed by atoms with Crippen LogP contribution in [0.5, 0.6) is 0 Å². The van der Waals surface area contributed by atoms with Crippen LogP contribution in [0.1, 0.15) is 38.3 Å². The van der Waals surface area contributed by atoms with Gasteiger partial charge in [0, 0.05) is 48.8 Å². The van der Waals surface area contributed by atoms with Crippen molar-refractivity contribution in [2.75, 3.05) is 36.3 Å². The summed E-state index contributed by atoms with van der Waals surface area (Å²) in [7, 11) is -1.59. The highest BCUT2D eigenvalue weighted by Crippen LogP contribution is 2.41. The summed E-state index contributed by atoms with van der Waals surface area (Å²) in [5.74, 6) is -0.303. The van der Waals surface area contributed by atoms with Crippen LogP contribution in [-0.4, -0.2) is 49.9 Å². The van der Waals surface area contributed by atoms with Crippen LogP contribution in [0.4, 0.5) is 15.8 Å². The van der Waals surface area contributed by atoms with Gasteiger partial charge in [0.05, 0.1) is 16.3 Å². The fourth-order valence-electron chi connectivity index (χ4n) is 4.98. The van der Waals surface area contributed by atoms with Crippen molar-refractivity contribution in [3.63, 3.8) is 0 Å². The second kappa shape index (κ2) is 9.36. The summed E-state index contributed by atoms with van der Waals surface area (Å²) < 4.78 is 46.6. The second-order valence-electron chi connectivity index (χ2n) is 9.33. The van der Waals surface area contributed by atoms with Crippen LogP contribution < -0.4 is 14.9 Å². The number of hydrogen-bond donors (Lipinski definition) is 2. The highest BCUT2D eigenvalue weighted by molar-refractivity contribution is 7.93. The zero-order valence-electron chi connectivity index (χ0n) is 19.6. The molecule has 10 heteroatoms. The van der Waals surface area contributed by atoms with Crippen molar-refractivity contribution in [2.24, 2.45) is 0 Å². The van der Waals surface area contributed by atoms with E-state index in [0.29, 0.717) is 53.8 Å². The Morgan fingerprint density at radius 2 is 1.94 bits per heavy atom. The molecule has 0 aliphatic carbocycles. The first-order chi connectivity index (χ1) is 15.8. The monoisotopic (exact) mass is 507 g/mol. The molecule has 1 saturated heterocycles. The van der Waals surface area contributed by atoms with Crippen molar-refractivity contribution in [1.29, 1.82) is 0 Å². The van der Waals surface area contributed by atoms with Gasteiger partial charge in [0.25, 0.3) is 0 Å². The first kappa shape index (κ1) is 24.8. The van der Waals surface area contributed by atoms with E-state index in [1.807, 2.05) is 37.7 Å². The predicted octanol–water partition coefficient (Wildman–Crippen LogP) is 4.33. The number of nitrogens with one attached hydrogen (secondary N) is 2. The van der Waals surface area contributed by atoms with Crippen LogP contribution in [-0.2, 0) is 16.4 Å². The minimum absolute atomic E-state index is 0. The van der Waals surface area contributed by atoms with E-state index in [9.17, 15) is 8.42 Å². The molecule has 0 atom stereocenters. The highest BCUT2D eigenvalue weighted by Gasteiger charge is 2.29. The van der Waals surface area contributed by atoms with Crippen LogP contribution in [0.15, 0.2) is 30.6 Å². The molecule has 184 valence electrons. The number of aromatic nitrogens is 2. The SMILES string of the molecule is CC(C)n1cc(-c2cc3c(cc2F)CCN3C)c2c(NS(=O)(=O)C3CCNCC3)ccnc21.Cl. The lowest BCUT2D eigenvalue weighted by Gasteiger charge is -2.23. The summed E-state index contributed by atoms with van der Waals surface area (Å²) in [6, 6.07) is 5.24. The van der Waals surface area contributed by atoms with E-state index in [1.165, 1.54) is 0 Å². The van der Waals surface area contributed by atoms with Crippen LogP contribution in [0.2, 0.25) is 0 Å². The van der Waals surface area contributed by atoms with Crippen molar-refractivity contribution in [2.45, 2.75) is 44.4 Å². The van der Waals surface area contributed by atoms with Crippen molar-refractivity contribution in [3.05, 3.63) is 42.0 Å². The van der Waals surface area contributed by atoms with Crippen LogP contribution >= 0.6 is 12.4 Å². The molecular formula is C24H31ClFN5O2S. The van der Waals surface area contributed by atoms with E-state index >= 15 is 4.39 Å². The number of piperidine rings is 1. The average Bonchev–Trinajstić information content (AvgIpc) is 3.35. The standard InChI is InChI=1S/C24H30FN5O2S.ClH/c1-15(2)30-14-19(18-13-22-16(12-20(18)25)7-11-29(22)3)23-21(6-10-27-24(23)30)28-33(31,32)17-4-8-26-9-5-17;/h6,10,12-15,17,26H,4-5,7-9,11H2,1-3H3,(H,27,28);1H. The molecule has 0 spiro atoms. The van der Waals surface area contributed by atoms with Gasteiger partial charge in [0.15, 0.2) is 0 Å². The molecule has 5 rings (SSSR count). The molecule has 0 radical (unpaired) electrons. The lowest BCUT2D eigenvalue weighted by molar-refractivity contribution is 0.499. The van der Waals surface area contributed by atoms with Gasteiger partial charge in [-0.25, -0.2) is 17.8 Å². The van der Waals surface area contributed by atoms with Gasteiger partial charge in [-0.2, -0.15) is 0 Å². The number of halogens is 2. The molecule has 0 bridgehead atoms. The van der Waals surface area contributed by atoms with Gasteiger partial charge >= 0.3 is 0 Å². The molecule has 1 fully saturated rings. The molecule has 4 heterocycles. The summed E-state index contributed by atoms with van der Waals surface area (Å²) >= 11 is 0. The molecule has 0 unspecified atom stereocenters. The predicted molar refractivity (Wildman–Crippen MR) is 138 cm³/mol.